The van der Waals surface area contributed by atoms with Crippen molar-refractivity contribution in [1.29, 1.82) is 0 Å². The number of rotatable bonds is 12. The lowest BCUT2D eigenvalue weighted by atomic mass is 9.82. The average molecular weight is 257 g/mol. The standard InChI is InChI=1S/C15H32OSi/c1-4-5-6-7-9-12-15(2,3)13-10-8-11-14-17-16/h16H,4-14H2,1-3H3. The van der Waals surface area contributed by atoms with Crippen LogP contribution in [0.4, 0.5) is 0 Å². The highest BCUT2D eigenvalue weighted by molar-refractivity contribution is 6.25. The van der Waals surface area contributed by atoms with E-state index in [9.17, 15) is 0 Å². The van der Waals surface area contributed by atoms with Crippen molar-refractivity contribution < 1.29 is 4.80 Å². The van der Waals surface area contributed by atoms with Crippen LogP contribution in [0.2, 0.25) is 6.04 Å². The van der Waals surface area contributed by atoms with Gasteiger partial charge >= 0.3 is 0 Å². The number of hydrogen-bond donors (Lipinski definition) is 1. The summed E-state index contributed by atoms with van der Waals surface area (Å²) >= 11 is 0. The first kappa shape index (κ1) is 17.2. The van der Waals surface area contributed by atoms with Gasteiger partial charge in [0.25, 0.3) is 0 Å². The van der Waals surface area contributed by atoms with Gasteiger partial charge in [0.1, 0.15) is 0 Å². The summed E-state index contributed by atoms with van der Waals surface area (Å²) in [6.07, 6.45) is 13.6. The van der Waals surface area contributed by atoms with E-state index in [1.807, 2.05) is 0 Å². The first-order valence-corrected chi connectivity index (χ1v) is 8.65. The van der Waals surface area contributed by atoms with E-state index in [2.05, 4.69) is 20.8 Å². The molecule has 1 N–H and O–H groups in total. The van der Waals surface area contributed by atoms with E-state index in [-0.39, 0.29) is 9.76 Å². The van der Waals surface area contributed by atoms with Crippen LogP contribution >= 0.6 is 0 Å². The van der Waals surface area contributed by atoms with Gasteiger partial charge in [-0.15, -0.1) is 0 Å². The molecule has 2 radical (unpaired) electrons. The highest BCUT2D eigenvalue weighted by Gasteiger charge is 2.16. The van der Waals surface area contributed by atoms with Crippen molar-refractivity contribution in [3.05, 3.63) is 0 Å². The van der Waals surface area contributed by atoms with E-state index in [0.717, 1.165) is 6.04 Å². The Morgan fingerprint density at radius 1 is 0.824 bits per heavy atom. The molecule has 0 aromatic heterocycles. The van der Waals surface area contributed by atoms with E-state index < -0.39 is 0 Å². The molecule has 17 heavy (non-hydrogen) atoms. The van der Waals surface area contributed by atoms with E-state index in [1.54, 1.807) is 0 Å². The molecule has 0 aliphatic heterocycles. The van der Waals surface area contributed by atoms with E-state index in [1.165, 1.54) is 64.2 Å². The maximum Gasteiger partial charge on any atom is 0.224 e. The first-order chi connectivity index (χ1) is 8.12. The zero-order valence-electron chi connectivity index (χ0n) is 12.2. The lowest BCUT2D eigenvalue weighted by Crippen LogP contribution is -2.11. The fourth-order valence-corrected chi connectivity index (χ4v) is 2.72. The van der Waals surface area contributed by atoms with Gasteiger partial charge in [-0.25, -0.2) is 0 Å². The van der Waals surface area contributed by atoms with Gasteiger partial charge in [0.15, 0.2) is 0 Å². The molecule has 0 aromatic rings. The average Bonchev–Trinajstić information content (AvgIpc) is 2.28. The van der Waals surface area contributed by atoms with Gasteiger partial charge in [-0.2, -0.15) is 0 Å². The third-order valence-electron chi connectivity index (χ3n) is 3.60. The van der Waals surface area contributed by atoms with Gasteiger partial charge in [-0.3, -0.25) is 0 Å². The van der Waals surface area contributed by atoms with Crippen molar-refractivity contribution in [2.24, 2.45) is 5.41 Å². The Morgan fingerprint density at radius 2 is 1.35 bits per heavy atom. The predicted molar refractivity (Wildman–Crippen MR) is 78.4 cm³/mol. The molecule has 0 fully saturated rings. The zero-order valence-corrected chi connectivity index (χ0v) is 13.2. The van der Waals surface area contributed by atoms with Gasteiger partial charge in [-0.05, 0) is 24.3 Å². The minimum atomic E-state index is 0.156. The molecule has 0 spiro atoms. The SMILES string of the molecule is CCCCCCCC(C)(C)CCCCC[Si]O. The van der Waals surface area contributed by atoms with Crippen molar-refractivity contribution in [3.63, 3.8) is 0 Å². The number of hydrogen-bond acceptors (Lipinski definition) is 1. The van der Waals surface area contributed by atoms with Crippen LogP contribution in [0.5, 0.6) is 0 Å². The van der Waals surface area contributed by atoms with Gasteiger partial charge in [0.2, 0.25) is 9.76 Å². The van der Waals surface area contributed by atoms with Crippen molar-refractivity contribution in [3.8, 4) is 0 Å². The summed E-state index contributed by atoms with van der Waals surface area (Å²) in [5.41, 5.74) is 0.535. The quantitative estimate of drug-likeness (QED) is 0.386. The van der Waals surface area contributed by atoms with Crippen LogP contribution in [-0.2, 0) is 0 Å². The molecule has 0 heterocycles. The summed E-state index contributed by atoms with van der Waals surface area (Å²) in [4.78, 5) is 8.74. The summed E-state index contributed by atoms with van der Waals surface area (Å²) in [7, 11) is 0.156. The van der Waals surface area contributed by atoms with Crippen LogP contribution in [0.15, 0.2) is 0 Å². The molecule has 2 heteroatoms. The minimum Gasteiger partial charge on any atom is -0.432 e. The molecule has 0 saturated heterocycles. The van der Waals surface area contributed by atoms with Crippen LogP contribution < -0.4 is 0 Å². The first-order valence-electron chi connectivity index (χ1n) is 7.49. The summed E-state index contributed by atoms with van der Waals surface area (Å²) < 4.78 is 0. The minimum absolute atomic E-state index is 0.156. The topological polar surface area (TPSA) is 20.2 Å². The predicted octanol–water partition coefficient (Wildman–Crippen LogP) is 4.96. The Kier molecular flexibility index (Phi) is 11.4. The third-order valence-corrected chi connectivity index (χ3v) is 4.18. The largest absolute Gasteiger partial charge is 0.432 e. The summed E-state index contributed by atoms with van der Waals surface area (Å²) in [6.45, 7) is 7.11. The number of unbranched alkanes of at least 4 members (excludes halogenated alkanes) is 6. The fraction of sp³-hybridized carbons (Fsp3) is 1.00. The molecular weight excluding hydrogens is 224 g/mol. The monoisotopic (exact) mass is 256 g/mol. The Bertz CT molecular complexity index is 141. The highest BCUT2D eigenvalue weighted by atomic mass is 28.2. The molecule has 102 valence electrons. The van der Waals surface area contributed by atoms with Crippen molar-refractivity contribution in [1.82, 2.24) is 0 Å². The van der Waals surface area contributed by atoms with E-state index >= 15 is 0 Å². The lowest BCUT2D eigenvalue weighted by Gasteiger charge is -2.24. The van der Waals surface area contributed by atoms with Crippen LogP contribution in [0.3, 0.4) is 0 Å². The molecule has 0 unspecified atom stereocenters. The molecule has 0 aromatic carbocycles. The second-order valence-electron chi connectivity index (χ2n) is 6.05. The second-order valence-corrected chi connectivity index (χ2v) is 6.86. The molecular formula is C15H32OSi. The Morgan fingerprint density at radius 3 is 1.88 bits per heavy atom. The fourth-order valence-electron chi connectivity index (χ4n) is 2.32. The second kappa shape index (κ2) is 11.3. The Balaban J connectivity index is 3.38. The third kappa shape index (κ3) is 12.4. The van der Waals surface area contributed by atoms with E-state index in [4.69, 9.17) is 4.80 Å². The molecule has 0 saturated carbocycles. The Hall–Kier alpha value is 0.177. The van der Waals surface area contributed by atoms with Gasteiger partial charge in [0, 0.05) is 0 Å². The van der Waals surface area contributed by atoms with Gasteiger partial charge in [0.05, 0.1) is 0 Å². The van der Waals surface area contributed by atoms with Gasteiger partial charge in [-0.1, -0.05) is 72.1 Å². The molecule has 1 nitrogen and oxygen atoms in total. The summed E-state index contributed by atoms with van der Waals surface area (Å²) in [5, 5.41) is 0. The summed E-state index contributed by atoms with van der Waals surface area (Å²) in [5.74, 6) is 0. The van der Waals surface area contributed by atoms with Crippen LogP contribution in [0.1, 0.15) is 85.0 Å². The lowest BCUT2D eigenvalue weighted by molar-refractivity contribution is 0.283. The maximum atomic E-state index is 8.74. The van der Waals surface area contributed by atoms with Crippen molar-refractivity contribution in [2.45, 2.75) is 91.0 Å². The van der Waals surface area contributed by atoms with Crippen LogP contribution in [0.25, 0.3) is 0 Å². The van der Waals surface area contributed by atoms with Crippen LogP contribution in [0, 0.1) is 5.41 Å². The Labute approximate surface area is 111 Å². The van der Waals surface area contributed by atoms with E-state index in [0.29, 0.717) is 5.41 Å². The van der Waals surface area contributed by atoms with Crippen molar-refractivity contribution in [2.75, 3.05) is 0 Å². The molecule has 0 amide bonds. The smallest absolute Gasteiger partial charge is 0.224 e. The maximum absolute atomic E-state index is 8.74. The van der Waals surface area contributed by atoms with Gasteiger partial charge < -0.3 is 4.80 Å². The molecule has 0 bridgehead atoms. The molecule has 0 aliphatic rings. The molecule has 0 atom stereocenters. The molecule has 0 rings (SSSR count). The normalized spacial score (nSPS) is 12.0. The summed E-state index contributed by atoms with van der Waals surface area (Å²) in [6, 6.07) is 1.01. The zero-order chi connectivity index (χ0) is 13.0. The van der Waals surface area contributed by atoms with Crippen LogP contribution in [-0.4, -0.2) is 14.6 Å². The molecule has 0 aliphatic carbocycles. The highest BCUT2D eigenvalue weighted by Crippen LogP contribution is 2.30. The van der Waals surface area contributed by atoms with Crippen molar-refractivity contribution >= 4 is 9.76 Å².